The second-order valence-corrected chi connectivity index (χ2v) is 5.09. The van der Waals surface area contributed by atoms with E-state index in [0.29, 0.717) is 10.9 Å². The van der Waals surface area contributed by atoms with E-state index in [1.54, 1.807) is 18.2 Å². The highest BCUT2D eigenvalue weighted by molar-refractivity contribution is 7.99. The van der Waals surface area contributed by atoms with Crippen molar-refractivity contribution in [1.29, 1.82) is 0 Å². The molecule has 0 amide bonds. The van der Waals surface area contributed by atoms with Crippen LogP contribution in [0.2, 0.25) is 5.02 Å². The third-order valence-electron chi connectivity index (χ3n) is 1.76. The van der Waals surface area contributed by atoms with Gasteiger partial charge in [0.2, 0.25) is 0 Å². The molecule has 82 valence electrons. The van der Waals surface area contributed by atoms with Gasteiger partial charge in [-0.25, -0.2) is 4.79 Å². The summed E-state index contributed by atoms with van der Waals surface area (Å²) >= 11 is 7.38. The van der Waals surface area contributed by atoms with E-state index in [9.17, 15) is 4.79 Å². The first-order chi connectivity index (χ1) is 7.02. The number of hydrogen-bond donors (Lipinski definition) is 1. The Labute approximate surface area is 98.6 Å². The van der Waals surface area contributed by atoms with Gasteiger partial charge in [-0.15, -0.1) is 11.8 Å². The third-order valence-corrected chi connectivity index (χ3v) is 3.56. The summed E-state index contributed by atoms with van der Waals surface area (Å²) in [7, 11) is 0. The smallest absolute Gasteiger partial charge is 0.338 e. The molecule has 1 N–H and O–H groups in total. The van der Waals surface area contributed by atoms with Gasteiger partial charge in [0.25, 0.3) is 0 Å². The molecule has 15 heavy (non-hydrogen) atoms. The van der Waals surface area contributed by atoms with Gasteiger partial charge in [-0.2, -0.15) is 0 Å². The van der Waals surface area contributed by atoms with Crippen LogP contribution in [0, 0.1) is 5.92 Å². The van der Waals surface area contributed by atoms with Gasteiger partial charge in [-0.05, 0) is 18.1 Å². The van der Waals surface area contributed by atoms with Crippen LogP contribution in [0.1, 0.15) is 24.2 Å². The van der Waals surface area contributed by atoms with E-state index in [0.717, 1.165) is 10.6 Å². The molecule has 0 atom stereocenters. The highest BCUT2D eigenvalue weighted by atomic mass is 35.5. The molecule has 1 aromatic carbocycles. The Balaban J connectivity index is 2.96. The van der Waals surface area contributed by atoms with Crippen LogP contribution >= 0.6 is 23.4 Å². The molecule has 0 spiro atoms. The molecule has 0 aromatic heterocycles. The molecule has 0 saturated heterocycles. The lowest BCUT2D eigenvalue weighted by molar-refractivity contribution is 0.0693. The van der Waals surface area contributed by atoms with Gasteiger partial charge in [0, 0.05) is 10.6 Å². The van der Waals surface area contributed by atoms with Gasteiger partial charge < -0.3 is 5.11 Å². The summed E-state index contributed by atoms with van der Waals surface area (Å²) in [5.74, 6) is 0.447. The number of carboxylic acids is 1. The largest absolute Gasteiger partial charge is 0.478 e. The number of aromatic carboxylic acids is 1. The number of halogens is 1. The molecule has 1 rings (SSSR count). The summed E-state index contributed by atoms with van der Waals surface area (Å²) in [6.45, 7) is 4.19. The molecule has 0 bridgehead atoms. The standard InChI is InChI=1S/C11H13ClO2S/c1-7(2)6-15-9-5-3-4-8(12)10(9)11(13)14/h3-5,7H,6H2,1-2H3,(H,13,14). The zero-order valence-corrected chi connectivity index (χ0v) is 10.2. The summed E-state index contributed by atoms with van der Waals surface area (Å²) < 4.78 is 0. The molecule has 1 aromatic rings. The number of carbonyl (C=O) groups is 1. The number of carboxylic acid groups (broad SMARTS) is 1. The average molecular weight is 245 g/mol. The maximum atomic E-state index is 11.0. The molecule has 0 aliphatic heterocycles. The molecular formula is C11H13ClO2S. The fraction of sp³-hybridized carbons (Fsp3) is 0.364. The van der Waals surface area contributed by atoms with Crippen molar-refractivity contribution in [3.63, 3.8) is 0 Å². The van der Waals surface area contributed by atoms with Gasteiger partial charge in [0.1, 0.15) is 0 Å². The van der Waals surface area contributed by atoms with Crippen LogP contribution in [0.15, 0.2) is 23.1 Å². The fourth-order valence-corrected chi connectivity index (χ4v) is 2.43. The van der Waals surface area contributed by atoms with Crippen molar-refractivity contribution in [3.8, 4) is 0 Å². The van der Waals surface area contributed by atoms with Crippen LogP contribution in [0.5, 0.6) is 0 Å². The zero-order valence-electron chi connectivity index (χ0n) is 8.66. The number of benzene rings is 1. The minimum Gasteiger partial charge on any atom is -0.478 e. The van der Waals surface area contributed by atoms with Gasteiger partial charge in [0.05, 0.1) is 10.6 Å². The van der Waals surface area contributed by atoms with E-state index >= 15 is 0 Å². The van der Waals surface area contributed by atoms with Crippen molar-refractivity contribution in [2.75, 3.05) is 5.75 Å². The minimum absolute atomic E-state index is 0.213. The van der Waals surface area contributed by atoms with Gasteiger partial charge in [-0.3, -0.25) is 0 Å². The van der Waals surface area contributed by atoms with Crippen LogP contribution < -0.4 is 0 Å². The van der Waals surface area contributed by atoms with Crippen molar-refractivity contribution in [2.24, 2.45) is 5.92 Å². The lowest BCUT2D eigenvalue weighted by Gasteiger charge is -2.08. The molecule has 4 heteroatoms. The molecule has 0 aliphatic carbocycles. The van der Waals surface area contributed by atoms with Gasteiger partial charge in [0.15, 0.2) is 0 Å². The summed E-state index contributed by atoms with van der Waals surface area (Å²) in [5.41, 5.74) is 0.213. The summed E-state index contributed by atoms with van der Waals surface area (Å²) in [5, 5.41) is 9.32. The van der Waals surface area contributed by atoms with Crippen LogP contribution in [-0.4, -0.2) is 16.8 Å². The number of hydrogen-bond acceptors (Lipinski definition) is 2. The Kier molecular flexibility index (Phi) is 4.48. The fourth-order valence-electron chi connectivity index (χ4n) is 1.09. The first kappa shape index (κ1) is 12.4. The summed E-state index contributed by atoms with van der Waals surface area (Å²) in [6, 6.07) is 5.17. The van der Waals surface area contributed by atoms with E-state index in [4.69, 9.17) is 16.7 Å². The Morgan fingerprint density at radius 1 is 1.53 bits per heavy atom. The molecule has 2 nitrogen and oxygen atoms in total. The molecule has 0 unspecified atom stereocenters. The number of thioether (sulfide) groups is 1. The maximum absolute atomic E-state index is 11.0. The van der Waals surface area contributed by atoms with Crippen LogP contribution in [0.3, 0.4) is 0 Å². The molecule has 0 heterocycles. The maximum Gasteiger partial charge on any atom is 0.338 e. The van der Waals surface area contributed by atoms with E-state index in [-0.39, 0.29) is 5.56 Å². The minimum atomic E-state index is -0.966. The second-order valence-electron chi connectivity index (χ2n) is 3.62. The normalized spacial score (nSPS) is 10.7. The van der Waals surface area contributed by atoms with E-state index < -0.39 is 5.97 Å². The molecule has 0 saturated carbocycles. The third kappa shape index (κ3) is 3.43. The van der Waals surface area contributed by atoms with Gasteiger partial charge >= 0.3 is 5.97 Å². The predicted octanol–water partition coefficient (Wildman–Crippen LogP) is 3.79. The Morgan fingerprint density at radius 2 is 2.20 bits per heavy atom. The topological polar surface area (TPSA) is 37.3 Å². The zero-order chi connectivity index (χ0) is 11.4. The average Bonchev–Trinajstić information content (AvgIpc) is 2.13. The van der Waals surface area contributed by atoms with Crippen LogP contribution in [-0.2, 0) is 0 Å². The van der Waals surface area contributed by atoms with Crippen molar-refractivity contribution in [2.45, 2.75) is 18.7 Å². The molecule has 0 radical (unpaired) electrons. The Bertz CT molecular complexity index is 364. The van der Waals surface area contributed by atoms with Crippen LogP contribution in [0.4, 0.5) is 0 Å². The number of rotatable bonds is 4. The highest BCUT2D eigenvalue weighted by Gasteiger charge is 2.14. The van der Waals surface area contributed by atoms with Crippen molar-refractivity contribution in [3.05, 3.63) is 28.8 Å². The van der Waals surface area contributed by atoms with E-state index in [2.05, 4.69) is 13.8 Å². The Morgan fingerprint density at radius 3 is 2.73 bits per heavy atom. The van der Waals surface area contributed by atoms with E-state index in [1.165, 1.54) is 11.8 Å². The lowest BCUT2D eigenvalue weighted by atomic mass is 10.2. The van der Waals surface area contributed by atoms with E-state index in [1.807, 2.05) is 0 Å². The highest BCUT2D eigenvalue weighted by Crippen LogP contribution is 2.29. The first-order valence-electron chi connectivity index (χ1n) is 4.67. The van der Waals surface area contributed by atoms with Gasteiger partial charge in [-0.1, -0.05) is 31.5 Å². The summed E-state index contributed by atoms with van der Waals surface area (Å²) in [4.78, 5) is 11.7. The van der Waals surface area contributed by atoms with Crippen molar-refractivity contribution < 1.29 is 9.90 Å². The predicted molar refractivity (Wildman–Crippen MR) is 64.0 cm³/mol. The quantitative estimate of drug-likeness (QED) is 0.819. The Hall–Kier alpha value is -0.670. The SMILES string of the molecule is CC(C)CSc1cccc(Cl)c1C(=O)O. The van der Waals surface area contributed by atoms with Crippen LogP contribution in [0.25, 0.3) is 0 Å². The lowest BCUT2D eigenvalue weighted by Crippen LogP contribution is -2.01. The van der Waals surface area contributed by atoms with Crippen molar-refractivity contribution >= 4 is 29.3 Å². The molecular weight excluding hydrogens is 232 g/mol. The molecule has 0 fully saturated rings. The molecule has 0 aliphatic rings. The monoisotopic (exact) mass is 244 g/mol. The first-order valence-corrected chi connectivity index (χ1v) is 6.03. The van der Waals surface area contributed by atoms with Crippen molar-refractivity contribution in [1.82, 2.24) is 0 Å². The summed E-state index contributed by atoms with van der Waals surface area (Å²) in [6.07, 6.45) is 0. The second kappa shape index (κ2) is 5.42.